The lowest BCUT2D eigenvalue weighted by atomic mass is 10.3. The molecule has 0 bridgehead atoms. The van der Waals surface area contributed by atoms with E-state index in [-0.39, 0.29) is 0 Å². The number of hydrogen-bond donors (Lipinski definition) is 1. The highest BCUT2D eigenvalue weighted by atomic mass is 15.1. The van der Waals surface area contributed by atoms with Crippen LogP contribution in [0, 0.1) is 0 Å². The van der Waals surface area contributed by atoms with Gasteiger partial charge in [0.25, 0.3) is 0 Å². The van der Waals surface area contributed by atoms with Crippen molar-refractivity contribution >= 4 is 5.69 Å². The summed E-state index contributed by atoms with van der Waals surface area (Å²) in [5.74, 6) is 0. The molecule has 0 saturated carbocycles. The normalized spacial score (nSPS) is 22.5. The van der Waals surface area contributed by atoms with Gasteiger partial charge in [0.05, 0.1) is 5.69 Å². The summed E-state index contributed by atoms with van der Waals surface area (Å²) in [6.45, 7) is 1.11. The van der Waals surface area contributed by atoms with Gasteiger partial charge in [0.2, 0.25) is 0 Å². The van der Waals surface area contributed by atoms with E-state index in [0.717, 1.165) is 12.2 Å². The molecule has 1 saturated heterocycles. The van der Waals surface area contributed by atoms with E-state index in [9.17, 15) is 0 Å². The van der Waals surface area contributed by atoms with E-state index in [1.165, 1.54) is 12.8 Å². The third-order valence-corrected chi connectivity index (χ3v) is 2.10. The first-order chi connectivity index (χ1) is 5.95. The molecular weight excluding hydrogens is 148 g/mol. The maximum Gasteiger partial charge on any atom is 0.100 e. The number of nitrogens with zero attached hydrogens (tertiary/aromatic N) is 1. The second-order valence-electron chi connectivity index (χ2n) is 3.08. The van der Waals surface area contributed by atoms with Gasteiger partial charge in [0.15, 0.2) is 0 Å². The van der Waals surface area contributed by atoms with Gasteiger partial charge in [-0.15, -0.1) is 0 Å². The fraction of sp³-hybridized carbons (Fsp3) is 0.400. The number of nitrogens with one attached hydrogen (secondary N) is 1. The molecule has 1 fully saturated rings. The fourth-order valence-electron chi connectivity index (χ4n) is 1.47. The van der Waals surface area contributed by atoms with Crippen LogP contribution in [0.2, 0.25) is 0 Å². The van der Waals surface area contributed by atoms with Crippen molar-refractivity contribution in [3.63, 3.8) is 0 Å². The Morgan fingerprint density at radius 2 is 2.08 bits per heavy atom. The highest BCUT2D eigenvalue weighted by Gasteiger charge is 2.14. The van der Waals surface area contributed by atoms with Crippen LogP contribution in [0.1, 0.15) is 12.8 Å². The largest absolute Gasteiger partial charge is 0.296 e. The topological polar surface area (TPSA) is 26.1 Å². The lowest BCUT2D eigenvalue weighted by molar-refractivity contribution is 0.549. The zero-order chi connectivity index (χ0) is 8.23. The van der Waals surface area contributed by atoms with Gasteiger partial charge in [0.1, 0.15) is 6.17 Å². The number of para-hydroxylation sites is 1. The van der Waals surface area contributed by atoms with Crippen LogP contribution in [0.3, 0.4) is 0 Å². The van der Waals surface area contributed by atoms with Crippen LogP contribution < -0.4 is 10.6 Å². The Morgan fingerprint density at radius 1 is 1.25 bits per heavy atom. The molecule has 1 atom stereocenters. The predicted molar refractivity (Wildman–Crippen MR) is 49.3 cm³/mol. The van der Waals surface area contributed by atoms with Gasteiger partial charge in [-0.3, -0.25) is 10.6 Å². The van der Waals surface area contributed by atoms with Gasteiger partial charge >= 0.3 is 0 Å². The highest BCUT2D eigenvalue weighted by Crippen LogP contribution is 2.11. The molecule has 1 N–H and O–H groups in total. The molecule has 63 valence electrons. The summed E-state index contributed by atoms with van der Waals surface area (Å²) in [6, 6.07) is 10.1. The molecule has 2 heteroatoms. The van der Waals surface area contributed by atoms with Gasteiger partial charge in [0, 0.05) is 0 Å². The molecule has 0 spiro atoms. The molecule has 1 heterocycles. The van der Waals surface area contributed by atoms with Crippen LogP contribution in [0.5, 0.6) is 0 Å². The Bertz CT molecular complexity index is 227. The summed E-state index contributed by atoms with van der Waals surface area (Å²) in [7, 11) is 0. The molecule has 0 aromatic heterocycles. The quantitative estimate of drug-likeness (QED) is 0.701. The molecule has 0 amide bonds. The van der Waals surface area contributed by atoms with E-state index in [1.807, 2.05) is 30.3 Å². The van der Waals surface area contributed by atoms with E-state index < -0.39 is 0 Å². The molecule has 2 rings (SSSR count). The molecule has 12 heavy (non-hydrogen) atoms. The summed E-state index contributed by atoms with van der Waals surface area (Å²) in [5, 5.41) is 7.89. The van der Waals surface area contributed by atoms with E-state index in [1.54, 1.807) is 0 Å². The zero-order valence-electron chi connectivity index (χ0n) is 7.03. The second-order valence-corrected chi connectivity index (χ2v) is 3.08. The van der Waals surface area contributed by atoms with Crippen molar-refractivity contribution in [1.82, 2.24) is 10.6 Å². The van der Waals surface area contributed by atoms with Crippen LogP contribution in [0.4, 0.5) is 5.69 Å². The molecule has 0 aliphatic carbocycles. The standard InChI is InChI=1S/C10H13N2/c1-2-5-9(6-3-1)12-10-7-4-8-11-10/h1-3,5-6,10-11H,4,7-8H2. The molecule has 1 aromatic carbocycles. The number of hydrogen-bond acceptors (Lipinski definition) is 1. The van der Waals surface area contributed by atoms with Crippen molar-refractivity contribution in [2.75, 3.05) is 6.54 Å². The minimum absolute atomic E-state index is 0.354. The molecule has 1 aromatic rings. The van der Waals surface area contributed by atoms with Crippen LogP contribution >= 0.6 is 0 Å². The Labute approximate surface area is 73.0 Å². The maximum absolute atomic E-state index is 4.55. The van der Waals surface area contributed by atoms with E-state index in [2.05, 4.69) is 10.6 Å². The SMILES string of the molecule is c1ccc([N]C2CCCN2)cc1. The van der Waals surface area contributed by atoms with E-state index >= 15 is 0 Å². The Balaban J connectivity index is 1.94. The van der Waals surface area contributed by atoms with Crippen LogP contribution in [0.25, 0.3) is 0 Å². The number of rotatable bonds is 2. The van der Waals surface area contributed by atoms with Gasteiger partial charge in [-0.2, -0.15) is 0 Å². The predicted octanol–water partition coefficient (Wildman–Crippen LogP) is 1.63. The molecule has 2 nitrogen and oxygen atoms in total. The first-order valence-electron chi connectivity index (χ1n) is 4.44. The summed E-state index contributed by atoms with van der Waals surface area (Å²) >= 11 is 0. The Morgan fingerprint density at radius 3 is 2.75 bits per heavy atom. The summed E-state index contributed by atoms with van der Waals surface area (Å²) < 4.78 is 0. The Hall–Kier alpha value is -1.02. The summed E-state index contributed by atoms with van der Waals surface area (Å²) in [5.41, 5.74) is 1.08. The van der Waals surface area contributed by atoms with Gasteiger partial charge in [-0.1, -0.05) is 18.2 Å². The molecule has 1 radical (unpaired) electrons. The van der Waals surface area contributed by atoms with Crippen molar-refractivity contribution in [3.8, 4) is 0 Å². The Kier molecular flexibility index (Phi) is 2.28. The van der Waals surface area contributed by atoms with Crippen molar-refractivity contribution in [3.05, 3.63) is 30.3 Å². The second kappa shape index (κ2) is 3.59. The average Bonchev–Trinajstić information content (AvgIpc) is 2.59. The molecule has 1 aliphatic heterocycles. The van der Waals surface area contributed by atoms with Crippen molar-refractivity contribution in [2.24, 2.45) is 0 Å². The van der Waals surface area contributed by atoms with E-state index in [4.69, 9.17) is 0 Å². The van der Waals surface area contributed by atoms with Crippen LogP contribution in [-0.4, -0.2) is 12.7 Å². The van der Waals surface area contributed by atoms with Gasteiger partial charge in [-0.05, 0) is 31.5 Å². The molecule has 1 aliphatic rings. The maximum atomic E-state index is 4.55. The van der Waals surface area contributed by atoms with Crippen molar-refractivity contribution in [1.29, 1.82) is 0 Å². The minimum atomic E-state index is 0.354. The molecular formula is C10H13N2. The van der Waals surface area contributed by atoms with Crippen molar-refractivity contribution < 1.29 is 0 Å². The van der Waals surface area contributed by atoms with Gasteiger partial charge < -0.3 is 0 Å². The zero-order valence-corrected chi connectivity index (χ0v) is 7.03. The highest BCUT2D eigenvalue weighted by molar-refractivity contribution is 5.35. The number of benzene rings is 1. The van der Waals surface area contributed by atoms with Crippen LogP contribution in [-0.2, 0) is 0 Å². The lowest BCUT2D eigenvalue weighted by Crippen LogP contribution is -2.28. The first-order valence-corrected chi connectivity index (χ1v) is 4.44. The molecule has 1 unspecified atom stereocenters. The smallest absolute Gasteiger partial charge is 0.100 e. The van der Waals surface area contributed by atoms with Crippen LogP contribution in [0.15, 0.2) is 30.3 Å². The average molecular weight is 161 g/mol. The summed E-state index contributed by atoms with van der Waals surface area (Å²) in [6.07, 6.45) is 2.78. The fourth-order valence-corrected chi connectivity index (χ4v) is 1.47. The van der Waals surface area contributed by atoms with E-state index in [0.29, 0.717) is 6.17 Å². The summed E-state index contributed by atoms with van der Waals surface area (Å²) in [4.78, 5) is 0. The van der Waals surface area contributed by atoms with Gasteiger partial charge in [-0.25, -0.2) is 0 Å². The third-order valence-electron chi connectivity index (χ3n) is 2.10. The lowest BCUT2D eigenvalue weighted by Gasteiger charge is -2.09. The minimum Gasteiger partial charge on any atom is -0.296 e. The van der Waals surface area contributed by atoms with Crippen molar-refractivity contribution in [2.45, 2.75) is 19.0 Å². The third kappa shape index (κ3) is 1.77. The first kappa shape index (κ1) is 7.62. The monoisotopic (exact) mass is 161 g/mol.